The molecule has 1 fully saturated rings. The Labute approximate surface area is 113 Å². The van der Waals surface area contributed by atoms with E-state index >= 15 is 0 Å². The molecule has 98 valence electrons. The highest BCUT2D eigenvalue weighted by Gasteiger charge is 2.28. The SMILES string of the molecule is Cc1ccc(C(N)=S)c(NC2(C)CCCOC2)n1. The van der Waals surface area contributed by atoms with Crippen molar-refractivity contribution in [2.75, 3.05) is 18.5 Å². The number of aryl methyl sites for hydroxylation is 1. The summed E-state index contributed by atoms with van der Waals surface area (Å²) in [6.45, 7) is 5.60. The minimum atomic E-state index is -0.0986. The largest absolute Gasteiger partial charge is 0.389 e. The molecular weight excluding hydrogens is 246 g/mol. The van der Waals surface area contributed by atoms with Crippen molar-refractivity contribution < 1.29 is 4.74 Å². The number of pyridine rings is 1. The fraction of sp³-hybridized carbons (Fsp3) is 0.538. The van der Waals surface area contributed by atoms with Crippen LogP contribution in [0.4, 0.5) is 5.82 Å². The van der Waals surface area contributed by atoms with Crippen LogP contribution in [0.5, 0.6) is 0 Å². The molecule has 2 heterocycles. The first kappa shape index (κ1) is 13.2. The molecule has 0 saturated carbocycles. The summed E-state index contributed by atoms with van der Waals surface area (Å²) in [5.74, 6) is 0.760. The summed E-state index contributed by atoms with van der Waals surface area (Å²) in [6, 6.07) is 3.83. The van der Waals surface area contributed by atoms with Gasteiger partial charge in [-0.2, -0.15) is 0 Å². The second-order valence-corrected chi connectivity index (χ2v) is 5.49. The standard InChI is InChI=1S/C13H19N3OS/c1-9-4-5-10(11(14)18)12(15-9)16-13(2)6-3-7-17-8-13/h4-5H,3,6-8H2,1-2H3,(H2,14,18)(H,15,16). The number of anilines is 1. The van der Waals surface area contributed by atoms with Gasteiger partial charge in [0.15, 0.2) is 0 Å². The van der Waals surface area contributed by atoms with Crippen LogP contribution in [0.3, 0.4) is 0 Å². The topological polar surface area (TPSA) is 60.2 Å². The number of rotatable bonds is 3. The molecule has 1 atom stereocenters. The molecule has 1 saturated heterocycles. The Kier molecular flexibility index (Phi) is 3.82. The molecule has 1 aliphatic heterocycles. The third kappa shape index (κ3) is 2.97. The molecule has 3 N–H and O–H groups in total. The van der Waals surface area contributed by atoms with Gasteiger partial charge < -0.3 is 15.8 Å². The van der Waals surface area contributed by atoms with Crippen LogP contribution in [0, 0.1) is 6.92 Å². The summed E-state index contributed by atoms with van der Waals surface area (Å²) < 4.78 is 5.53. The highest BCUT2D eigenvalue weighted by Crippen LogP contribution is 2.25. The average molecular weight is 265 g/mol. The molecule has 0 amide bonds. The van der Waals surface area contributed by atoms with Gasteiger partial charge in [0.05, 0.1) is 17.7 Å². The van der Waals surface area contributed by atoms with Crippen LogP contribution in [0.2, 0.25) is 0 Å². The van der Waals surface area contributed by atoms with Crippen molar-refractivity contribution in [3.63, 3.8) is 0 Å². The summed E-state index contributed by atoms with van der Waals surface area (Å²) in [5, 5.41) is 3.44. The number of hydrogen-bond donors (Lipinski definition) is 2. The van der Waals surface area contributed by atoms with Gasteiger partial charge in [0.1, 0.15) is 10.8 Å². The molecule has 0 bridgehead atoms. The van der Waals surface area contributed by atoms with Gasteiger partial charge in [-0.05, 0) is 38.8 Å². The highest BCUT2D eigenvalue weighted by molar-refractivity contribution is 7.80. The van der Waals surface area contributed by atoms with Gasteiger partial charge >= 0.3 is 0 Å². The quantitative estimate of drug-likeness (QED) is 0.819. The van der Waals surface area contributed by atoms with E-state index in [0.717, 1.165) is 36.5 Å². The molecule has 0 spiro atoms. The molecule has 1 aromatic rings. The summed E-state index contributed by atoms with van der Waals surface area (Å²) in [6.07, 6.45) is 2.11. The lowest BCUT2D eigenvalue weighted by molar-refractivity contribution is 0.0539. The van der Waals surface area contributed by atoms with E-state index in [1.807, 2.05) is 19.1 Å². The first-order valence-electron chi connectivity index (χ1n) is 6.14. The average Bonchev–Trinajstić information content (AvgIpc) is 2.28. The Hall–Kier alpha value is -1.20. The summed E-state index contributed by atoms with van der Waals surface area (Å²) in [7, 11) is 0. The number of nitrogens with zero attached hydrogens (tertiary/aromatic N) is 1. The van der Waals surface area contributed by atoms with Gasteiger partial charge in [-0.1, -0.05) is 12.2 Å². The van der Waals surface area contributed by atoms with Gasteiger partial charge in [0.2, 0.25) is 0 Å². The minimum Gasteiger partial charge on any atom is -0.389 e. The van der Waals surface area contributed by atoms with Crippen LogP contribution >= 0.6 is 12.2 Å². The summed E-state index contributed by atoms with van der Waals surface area (Å²) in [5.41, 5.74) is 7.37. The molecule has 0 aliphatic carbocycles. The second kappa shape index (κ2) is 5.20. The van der Waals surface area contributed by atoms with Crippen molar-refractivity contribution >= 4 is 23.0 Å². The van der Waals surface area contributed by atoms with Crippen molar-refractivity contribution in [3.8, 4) is 0 Å². The van der Waals surface area contributed by atoms with E-state index in [-0.39, 0.29) is 5.54 Å². The Balaban J connectivity index is 2.26. The molecule has 1 aromatic heterocycles. The van der Waals surface area contributed by atoms with Gasteiger partial charge in [-0.3, -0.25) is 0 Å². The van der Waals surface area contributed by atoms with E-state index in [1.165, 1.54) is 0 Å². The molecule has 0 aromatic carbocycles. The van der Waals surface area contributed by atoms with E-state index in [9.17, 15) is 0 Å². The molecule has 1 aliphatic rings. The van der Waals surface area contributed by atoms with E-state index < -0.39 is 0 Å². The zero-order valence-electron chi connectivity index (χ0n) is 10.8. The third-order valence-electron chi connectivity index (χ3n) is 3.16. The number of aromatic nitrogens is 1. The third-order valence-corrected chi connectivity index (χ3v) is 3.38. The molecule has 0 radical (unpaired) electrons. The van der Waals surface area contributed by atoms with Crippen molar-refractivity contribution in [2.45, 2.75) is 32.2 Å². The molecule has 18 heavy (non-hydrogen) atoms. The molecular formula is C13H19N3OS. The second-order valence-electron chi connectivity index (χ2n) is 5.05. The fourth-order valence-corrected chi connectivity index (χ4v) is 2.33. The molecule has 1 unspecified atom stereocenters. The maximum atomic E-state index is 5.73. The number of ether oxygens (including phenoxy) is 1. The van der Waals surface area contributed by atoms with Gasteiger partial charge in [-0.15, -0.1) is 0 Å². The highest BCUT2D eigenvalue weighted by atomic mass is 32.1. The zero-order chi connectivity index (χ0) is 13.2. The maximum absolute atomic E-state index is 5.73. The number of hydrogen-bond acceptors (Lipinski definition) is 4. The van der Waals surface area contributed by atoms with Gasteiger partial charge in [-0.25, -0.2) is 4.98 Å². The summed E-state index contributed by atoms with van der Waals surface area (Å²) >= 11 is 5.06. The van der Waals surface area contributed by atoms with Crippen molar-refractivity contribution in [1.82, 2.24) is 4.98 Å². The van der Waals surface area contributed by atoms with Crippen molar-refractivity contribution in [1.29, 1.82) is 0 Å². The monoisotopic (exact) mass is 265 g/mol. The molecule has 4 nitrogen and oxygen atoms in total. The van der Waals surface area contributed by atoms with E-state index in [2.05, 4.69) is 17.2 Å². The van der Waals surface area contributed by atoms with Gasteiger partial charge in [0, 0.05) is 12.3 Å². The maximum Gasteiger partial charge on any atom is 0.137 e. The summed E-state index contributed by atoms with van der Waals surface area (Å²) in [4.78, 5) is 4.87. The lowest BCUT2D eigenvalue weighted by Gasteiger charge is -2.35. The lowest BCUT2D eigenvalue weighted by atomic mass is 9.94. The van der Waals surface area contributed by atoms with Crippen LogP contribution in [-0.4, -0.2) is 28.7 Å². The van der Waals surface area contributed by atoms with Crippen LogP contribution in [-0.2, 0) is 4.74 Å². The van der Waals surface area contributed by atoms with Crippen molar-refractivity contribution in [3.05, 3.63) is 23.4 Å². The van der Waals surface area contributed by atoms with Crippen LogP contribution in [0.15, 0.2) is 12.1 Å². The lowest BCUT2D eigenvalue weighted by Crippen LogP contribution is -2.43. The Bertz CT molecular complexity index is 456. The first-order valence-corrected chi connectivity index (χ1v) is 6.54. The number of nitrogens with two attached hydrogens (primary N) is 1. The number of nitrogens with one attached hydrogen (secondary N) is 1. The minimum absolute atomic E-state index is 0.0986. The van der Waals surface area contributed by atoms with E-state index in [0.29, 0.717) is 11.6 Å². The predicted molar refractivity (Wildman–Crippen MR) is 76.9 cm³/mol. The Morgan fingerprint density at radius 3 is 2.94 bits per heavy atom. The van der Waals surface area contributed by atoms with Crippen LogP contribution in [0.25, 0.3) is 0 Å². The number of thiocarbonyl (C=S) groups is 1. The van der Waals surface area contributed by atoms with Crippen LogP contribution < -0.4 is 11.1 Å². The van der Waals surface area contributed by atoms with E-state index in [1.54, 1.807) is 0 Å². The molecule has 2 rings (SSSR count). The smallest absolute Gasteiger partial charge is 0.137 e. The van der Waals surface area contributed by atoms with E-state index in [4.69, 9.17) is 22.7 Å². The zero-order valence-corrected chi connectivity index (χ0v) is 11.6. The Morgan fingerprint density at radius 2 is 2.33 bits per heavy atom. The molecule has 5 heteroatoms. The van der Waals surface area contributed by atoms with Crippen LogP contribution in [0.1, 0.15) is 31.0 Å². The van der Waals surface area contributed by atoms with Crippen molar-refractivity contribution in [2.24, 2.45) is 5.73 Å². The predicted octanol–water partition coefficient (Wildman–Crippen LogP) is 2.01. The first-order chi connectivity index (χ1) is 8.50. The fourth-order valence-electron chi connectivity index (χ4n) is 2.17. The van der Waals surface area contributed by atoms with Gasteiger partial charge in [0.25, 0.3) is 0 Å². The normalized spacial score (nSPS) is 23.7. The Morgan fingerprint density at radius 1 is 1.56 bits per heavy atom.